The van der Waals surface area contributed by atoms with Crippen LogP contribution >= 0.6 is 11.6 Å². The third kappa shape index (κ3) is 2.49. The number of aromatic hydroxyl groups is 1. The molecule has 6 heteroatoms. The Hall–Kier alpha value is -2.01. The number of carbonyl (C=O) groups is 1. The van der Waals surface area contributed by atoms with E-state index in [1.165, 1.54) is 6.07 Å². The molecule has 104 valence electrons. The van der Waals surface area contributed by atoms with Gasteiger partial charge < -0.3 is 15.0 Å². The maximum Gasteiger partial charge on any atom is 0.228 e. The Balaban J connectivity index is 1.69. The van der Waals surface area contributed by atoms with E-state index in [0.29, 0.717) is 12.1 Å². The number of phenols is 1. The summed E-state index contributed by atoms with van der Waals surface area (Å²) in [6, 6.07) is 4.63. The van der Waals surface area contributed by atoms with Crippen LogP contribution < -0.4 is 5.32 Å². The van der Waals surface area contributed by atoms with E-state index < -0.39 is 0 Å². The third-order valence-electron chi connectivity index (χ3n) is 3.54. The van der Waals surface area contributed by atoms with Crippen molar-refractivity contribution in [2.75, 3.05) is 5.32 Å². The van der Waals surface area contributed by atoms with Crippen LogP contribution in [0, 0.1) is 5.92 Å². The van der Waals surface area contributed by atoms with E-state index in [2.05, 4.69) is 14.9 Å². The molecule has 1 aliphatic rings. The van der Waals surface area contributed by atoms with Gasteiger partial charge in [0.2, 0.25) is 5.91 Å². The number of imidazole rings is 1. The van der Waals surface area contributed by atoms with Gasteiger partial charge in [0, 0.05) is 37.0 Å². The third-order valence-corrected chi connectivity index (χ3v) is 3.84. The molecule has 1 aromatic heterocycles. The molecule has 1 atom stereocenters. The molecule has 2 aromatic rings. The van der Waals surface area contributed by atoms with Crippen LogP contribution in [0.3, 0.4) is 0 Å². The molecule has 0 fully saturated rings. The number of aromatic nitrogens is 2. The van der Waals surface area contributed by atoms with Crippen LogP contribution in [0.5, 0.6) is 5.75 Å². The van der Waals surface area contributed by atoms with Crippen LogP contribution in [0.25, 0.3) is 0 Å². The van der Waals surface area contributed by atoms with E-state index >= 15 is 0 Å². The molecule has 2 N–H and O–H groups in total. The Kier molecular flexibility index (Phi) is 3.36. The van der Waals surface area contributed by atoms with Gasteiger partial charge in [0.15, 0.2) is 0 Å². The number of phenolic OH excluding ortho intramolecular Hbond substituents is 1. The fourth-order valence-electron chi connectivity index (χ4n) is 2.40. The first-order chi connectivity index (χ1) is 9.63. The number of hydrogen-bond donors (Lipinski definition) is 2. The Bertz CT molecular complexity index is 654. The van der Waals surface area contributed by atoms with Crippen LogP contribution in [0.4, 0.5) is 5.69 Å². The highest BCUT2D eigenvalue weighted by Crippen LogP contribution is 2.27. The van der Waals surface area contributed by atoms with Crippen LogP contribution in [0.2, 0.25) is 5.02 Å². The number of aryl methyl sites for hydroxylation is 1. The summed E-state index contributed by atoms with van der Waals surface area (Å²) < 4.78 is 2.07. The van der Waals surface area contributed by atoms with Crippen molar-refractivity contribution in [3.63, 3.8) is 0 Å². The average molecular weight is 292 g/mol. The van der Waals surface area contributed by atoms with Gasteiger partial charge in [-0.1, -0.05) is 11.6 Å². The molecule has 0 bridgehead atoms. The van der Waals surface area contributed by atoms with E-state index in [0.717, 1.165) is 18.8 Å². The normalized spacial score (nSPS) is 17.6. The molecule has 0 saturated heterocycles. The number of amides is 1. The minimum Gasteiger partial charge on any atom is -0.506 e. The zero-order valence-corrected chi connectivity index (χ0v) is 11.5. The number of benzene rings is 1. The fourth-order valence-corrected chi connectivity index (χ4v) is 2.58. The van der Waals surface area contributed by atoms with Crippen molar-refractivity contribution in [3.05, 3.63) is 41.4 Å². The van der Waals surface area contributed by atoms with Crippen molar-refractivity contribution in [2.24, 2.45) is 5.92 Å². The molecule has 1 aromatic carbocycles. The van der Waals surface area contributed by atoms with Gasteiger partial charge in [0.1, 0.15) is 11.6 Å². The summed E-state index contributed by atoms with van der Waals surface area (Å²) in [6.45, 7) is 0.809. The molecular formula is C14H14ClN3O2. The number of anilines is 1. The lowest BCUT2D eigenvalue weighted by molar-refractivity contribution is -0.120. The van der Waals surface area contributed by atoms with Crippen molar-refractivity contribution in [3.8, 4) is 5.75 Å². The minimum atomic E-state index is -0.0857. The van der Waals surface area contributed by atoms with E-state index in [1.54, 1.807) is 18.3 Å². The number of carbonyl (C=O) groups excluding carboxylic acids is 1. The van der Waals surface area contributed by atoms with Gasteiger partial charge in [-0.05, 0) is 24.6 Å². The Morgan fingerprint density at radius 2 is 2.35 bits per heavy atom. The molecule has 0 radical (unpaired) electrons. The summed E-state index contributed by atoms with van der Waals surface area (Å²) in [4.78, 5) is 16.5. The number of fused-ring (bicyclic) bond motifs is 1. The number of halogens is 1. The van der Waals surface area contributed by atoms with E-state index in [-0.39, 0.29) is 22.6 Å². The highest BCUT2D eigenvalue weighted by molar-refractivity contribution is 6.32. The molecule has 0 spiro atoms. The maximum absolute atomic E-state index is 12.2. The largest absolute Gasteiger partial charge is 0.506 e. The Labute approximate surface area is 121 Å². The van der Waals surface area contributed by atoms with Gasteiger partial charge in [0.05, 0.1) is 5.02 Å². The van der Waals surface area contributed by atoms with Crippen molar-refractivity contribution in [1.82, 2.24) is 9.55 Å². The van der Waals surface area contributed by atoms with Gasteiger partial charge in [-0.15, -0.1) is 0 Å². The smallest absolute Gasteiger partial charge is 0.228 e. The molecule has 0 saturated carbocycles. The first-order valence-electron chi connectivity index (χ1n) is 6.43. The lowest BCUT2D eigenvalue weighted by Crippen LogP contribution is -2.30. The van der Waals surface area contributed by atoms with Crippen molar-refractivity contribution in [1.29, 1.82) is 0 Å². The van der Waals surface area contributed by atoms with Gasteiger partial charge in [-0.2, -0.15) is 0 Å². The van der Waals surface area contributed by atoms with E-state index in [9.17, 15) is 9.90 Å². The standard InChI is InChI=1S/C14H14ClN3O2/c15-11-8-10(1-2-12(11)19)17-14(20)9-3-5-18-6-4-16-13(18)7-9/h1-2,4,6,8-9,19H,3,5,7H2,(H,17,20)/t9-/m1/s1. The molecule has 1 amide bonds. The van der Waals surface area contributed by atoms with Crippen LogP contribution in [0.1, 0.15) is 12.2 Å². The van der Waals surface area contributed by atoms with Crippen LogP contribution in [0.15, 0.2) is 30.6 Å². The lowest BCUT2D eigenvalue weighted by Gasteiger charge is -2.22. The second-order valence-corrected chi connectivity index (χ2v) is 5.29. The zero-order valence-electron chi connectivity index (χ0n) is 10.7. The molecule has 20 heavy (non-hydrogen) atoms. The van der Waals surface area contributed by atoms with Gasteiger partial charge in [-0.25, -0.2) is 4.98 Å². The molecule has 0 unspecified atom stereocenters. The summed E-state index contributed by atoms with van der Waals surface area (Å²) in [5.41, 5.74) is 0.590. The SMILES string of the molecule is O=C(Nc1ccc(O)c(Cl)c1)[C@@H]1CCn2ccnc2C1. The van der Waals surface area contributed by atoms with Gasteiger partial charge in [-0.3, -0.25) is 4.79 Å². The van der Waals surface area contributed by atoms with Crippen LogP contribution in [-0.2, 0) is 17.8 Å². The zero-order chi connectivity index (χ0) is 14.1. The highest BCUT2D eigenvalue weighted by Gasteiger charge is 2.25. The first-order valence-corrected chi connectivity index (χ1v) is 6.80. The van der Waals surface area contributed by atoms with Crippen LogP contribution in [-0.4, -0.2) is 20.6 Å². The molecule has 3 rings (SSSR count). The Morgan fingerprint density at radius 1 is 1.50 bits per heavy atom. The average Bonchev–Trinajstić information content (AvgIpc) is 2.90. The second kappa shape index (κ2) is 5.17. The maximum atomic E-state index is 12.2. The summed E-state index contributed by atoms with van der Waals surface area (Å²) >= 11 is 5.82. The summed E-state index contributed by atoms with van der Waals surface area (Å²) in [5.74, 6) is 0.822. The monoisotopic (exact) mass is 291 g/mol. The molecule has 0 aliphatic carbocycles. The lowest BCUT2D eigenvalue weighted by atomic mass is 9.97. The fraction of sp³-hybridized carbons (Fsp3) is 0.286. The number of rotatable bonds is 2. The quantitative estimate of drug-likeness (QED) is 0.835. The Morgan fingerprint density at radius 3 is 3.15 bits per heavy atom. The topological polar surface area (TPSA) is 67.2 Å². The predicted octanol–water partition coefficient (Wildman–Crippen LogP) is 2.44. The van der Waals surface area contributed by atoms with E-state index in [4.69, 9.17) is 11.6 Å². The molecule has 2 heterocycles. The minimum absolute atomic E-state index is 0.00404. The van der Waals surface area contributed by atoms with E-state index in [1.807, 2.05) is 6.20 Å². The number of nitrogens with zero attached hydrogens (tertiary/aromatic N) is 2. The van der Waals surface area contributed by atoms with Crippen molar-refractivity contribution in [2.45, 2.75) is 19.4 Å². The summed E-state index contributed by atoms with van der Waals surface area (Å²) in [6.07, 6.45) is 5.13. The predicted molar refractivity (Wildman–Crippen MR) is 75.8 cm³/mol. The second-order valence-electron chi connectivity index (χ2n) is 4.88. The first kappa shape index (κ1) is 13.0. The van der Waals surface area contributed by atoms with Gasteiger partial charge in [0.25, 0.3) is 0 Å². The number of hydrogen-bond acceptors (Lipinski definition) is 3. The highest BCUT2D eigenvalue weighted by atomic mass is 35.5. The summed E-state index contributed by atoms with van der Waals surface area (Å²) in [5, 5.41) is 12.4. The molecule has 1 aliphatic heterocycles. The van der Waals surface area contributed by atoms with Gasteiger partial charge >= 0.3 is 0 Å². The molecule has 5 nitrogen and oxygen atoms in total. The van der Waals surface area contributed by atoms with Crippen molar-refractivity contribution >= 4 is 23.2 Å². The number of nitrogens with one attached hydrogen (secondary N) is 1. The van der Waals surface area contributed by atoms with Crippen molar-refractivity contribution < 1.29 is 9.90 Å². The summed E-state index contributed by atoms with van der Waals surface area (Å²) in [7, 11) is 0. The molecular weight excluding hydrogens is 278 g/mol.